The molecule has 1 amide bonds. The molecule has 8 nitrogen and oxygen atoms in total. The van der Waals surface area contributed by atoms with Gasteiger partial charge in [-0.15, -0.1) is 0 Å². The lowest BCUT2D eigenvalue weighted by Crippen LogP contribution is -2.16. The van der Waals surface area contributed by atoms with Crippen molar-refractivity contribution in [2.24, 2.45) is 0 Å². The van der Waals surface area contributed by atoms with Crippen LogP contribution in [-0.2, 0) is 10.7 Å². The second-order valence-electron chi connectivity index (χ2n) is 7.37. The lowest BCUT2D eigenvalue weighted by molar-refractivity contribution is -0.105. The van der Waals surface area contributed by atoms with Crippen molar-refractivity contribution < 1.29 is 18.3 Å². The summed E-state index contributed by atoms with van der Waals surface area (Å²) < 4.78 is 35.1. The predicted octanol–water partition coefficient (Wildman–Crippen LogP) is 3.56. The molecule has 0 radical (unpaired) electrons. The summed E-state index contributed by atoms with van der Waals surface area (Å²) in [7, 11) is 0. The summed E-state index contributed by atoms with van der Waals surface area (Å²) in [6, 6.07) is 2.75. The highest BCUT2D eigenvalue weighted by Gasteiger charge is 2.32. The molecule has 0 aromatic carbocycles. The average molecular weight is 402 g/mol. The molecule has 1 N–H and O–H groups in total. The van der Waals surface area contributed by atoms with Crippen LogP contribution in [-0.4, -0.2) is 37.2 Å². The van der Waals surface area contributed by atoms with Crippen molar-refractivity contribution in [3.8, 4) is 11.8 Å². The molecule has 10 heteroatoms. The van der Waals surface area contributed by atoms with Crippen LogP contribution >= 0.6 is 0 Å². The first-order valence-electron chi connectivity index (χ1n) is 9.29. The first-order valence-corrected chi connectivity index (χ1v) is 9.29. The Bertz CT molecular complexity index is 1070. The predicted molar refractivity (Wildman–Crippen MR) is 101 cm³/mol. The van der Waals surface area contributed by atoms with Gasteiger partial charge in [0.15, 0.2) is 0 Å². The van der Waals surface area contributed by atoms with Gasteiger partial charge in [-0.2, -0.15) is 23.5 Å². The standard InChI is InChI=1S/C19H20F2N6O2/c1-10(2)29-16-7-14(19(3,20)21)24-18(25-16)27-13-6-15(23-9-28)22-8-12(13)17(26-27)11-4-5-11/h6-11H,4-5H2,1-3H3,(H,22,23,28). The molecule has 0 saturated heterocycles. The summed E-state index contributed by atoms with van der Waals surface area (Å²) in [5.41, 5.74) is 0.919. The maximum Gasteiger partial charge on any atom is 0.287 e. The van der Waals surface area contributed by atoms with Crippen molar-refractivity contribution in [3.63, 3.8) is 0 Å². The van der Waals surface area contributed by atoms with Crippen LogP contribution < -0.4 is 10.1 Å². The molecule has 29 heavy (non-hydrogen) atoms. The fourth-order valence-corrected chi connectivity index (χ4v) is 3.02. The zero-order valence-corrected chi connectivity index (χ0v) is 16.2. The van der Waals surface area contributed by atoms with Crippen LogP contribution in [0, 0.1) is 0 Å². The summed E-state index contributed by atoms with van der Waals surface area (Å²) >= 11 is 0. The number of rotatable bonds is 7. The number of alkyl halides is 2. The number of ether oxygens (including phenoxy) is 1. The molecule has 152 valence electrons. The largest absolute Gasteiger partial charge is 0.475 e. The van der Waals surface area contributed by atoms with E-state index in [0.29, 0.717) is 17.7 Å². The number of amides is 1. The van der Waals surface area contributed by atoms with E-state index in [1.54, 1.807) is 26.1 Å². The number of hydrogen-bond acceptors (Lipinski definition) is 6. The van der Waals surface area contributed by atoms with Crippen LogP contribution in [0.4, 0.5) is 14.6 Å². The number of aromatic nitrogens is 5. The maximum absolute atomic E-state index is 14.1. The Morgan fingerprint density at radius 2 is 2.07 bits per heavy atom. The van der Waals surface area contributed by atoms with Crippen molar-refractivity contribution in [1.82, 2.24) is 24.7 Å². The van der Waals surface area contributed by atoms with Gasteiger partial charge in [-0.1, -0.05) is 0 Å². The number of nitrogens with one attached hydrogen (secondary N) is 1. The highest BCUT2D eigenvalue weighted by molar-refractivity contribution is 5.86. The van der Waals surface area contributed by atoms with Crippen LogP contribution in [0.15, 0.2) is 18.3 Å². The van der Waals surface area contributed by atoms with E-state index in [-0.39, 0.29) is 23.9 Å². The van der Waals surface area contributed by atoms with Crippen molar-refractivity contribution in [2.45, 2.75) is 51.6 Å². The van der Waals surface area contributed by atoms with E-state index in [1.807, 2.05) is 0 Å². The van der Waals surface area contributed by atoms with E-state index in [0.717, 1.165) is 36.9 Å². The number of fused-ring (bicyclic) bond motifs is 1. The molecule has 1 fully saturated rings. The van der Waals surface area contributed by atoms with E-state index >= 15 is 0 Å². The second kappa shape index (κ2) is 7.02. The molecule has 0 aliphatic heterocycles. The fraction of sp³-hybridized carbons (Fsp3) is 0.421. The third-order valence-electron chi connectivity index (χ3n) is 4.45. The van der Waals surface area contributed by atoms with Gasteiger partial charge in [-0.3, -0.25) is 4.79 Å². The maximum atomic E-state index is 14.1. The highest BCUT2D eigenvalue weighted by Crippen LogP contribution is 2.43. The van der Waals surface area contributed by atoms with Crippen LogP contribution in [0.2, 0.25) is 0 Å². The lowest BCUT2D eigenvalue weighted by atomic mass is 10.2. The Balaban J connectivity index is 1.92. The number of anilines is 1. The monoisotopic (exact) mass is 402 g/mol. The van der Waals surface area contributed by atoms with Gasteiger partial charge in [0.25, 0.3) is 11.9 Å². The highest BCUT2D eigenvalue weighted by atomic mass is 19.3. The average Bonchev–Trinajstić information content (AvgIpc) is 3.41. The van der Waals surface area contributed by atoms with Crippen LogP contribution in [0.5, 0.6) is 5.88 Å². The fourth-order valence-electron chi connectivity index (χ4n) is 3.02. The van der Waals surface area contributed by atoms with Gasteiger partial charge >= 0.3 is 0 Å². The molecule has 0 bridgehead atoms. The minimum atomic E-state index is -3.18. The van der Waals surface area contributed by atoms with Crippen molar-refractivity contribution in [2.75, 3.05) is 5.32 Å². The van der Waals surface area contributed by atoms with E-state index in [9.17, 15) is 13.6 Å². The number of carbonyl (C=O) groups is 1. The Hall–Kier alpha value is -3.17. The summed E-state index contributed by atoms with van der Waals surface area (Å²) in [5, 5.41) is 7.86. The van der Waals surface area contributed by atoms with Crippen LogP contribution in [0.25, 0.3) is 16.9 Å². The Morgan fingerprint density at radius 1 is 1.31 bits per heavy atom. The van der Waals surface area contributed by atoms with Gasteiger partial charge < -0.3 is 10.1 Å². The molecule has 1 aliphatic carbocycles. The third-order valence-corrected chi connectivity index (χ3v) is 4.45. The normalized spacial score (nSPS) is 14.4. The van der Waals surface area contributed by atoms with E-state index < -0.39 is 11.6 Å². The van der Waals surface area contributed by atoms with E-state index in [2.05, 4.69) is 25.4 Å². The Morgan fingerprint density at radius 3 is 2.69 bits per heavy atom. The van der Waals surface area contributed by atoms with Crippen LogP contribution in [0.1, 0.15) is 50.9 Å². The molecule has 4 rings (SSSR count). The first kappa shape index (κ1) is 19.2. The van der Waals surface area contributed by atoms with Gasteiger partial charge in [0.1, 0.15) is 11.5 Å². The molecule has 3 aromatic rings. The number of hydrogen-bond donors (Lipinski definition) is 1. The number of halogens is 2. The van der Waals surface area contributed by atoms with Gasteiger partial charge in [-0.05, 0) is 26.7 Å². The van der Waals surface area contributed by atoms with E-state index in [1.165, 1.54) is 4.68 Å². The zero-order valence-electron chi connectivity index (χ0n) is 16.2. The molecule has 1 saturated carbocycles. The Kier molecular flexibility index (Phi) is 4.64. The molecule has 0 atom stereocenters. The van der Waals surface area contributed by atoms with Gasteiger partial charge in [0, 0.05) is 36.6 Å². The molecule has 0 spiro atoms. The topological polar surface area (TPSA) is 94.8 Å². The van der Waals surface area contributed by atoms with Gasteiger partial charge in [0.05, 0.1) is 17.3 Å². The second-order valence-corrected chi connectivity index (χ2v) is 7.37. The zero-order chi connectivity index (χ0) is 20.8. The summed E-state index contributed by atoms with van der Waals surface area (Å²) in [5.74, 6) is -2.57. The number of carbonyl (C=O) groups excluding carboxylic acids is 1. The third kappa shape index (κ3) is 3.87. The molecular formula is C19H20F2N6O2. The number of pyridine rings is 1. The minimum absolute atomic E-state index is 0.0279. The minimum Gasteiger partial charge on any atom is -0.475 e. The van der Waals surface area contributed by atoms with Crippen molar-refractivity contribution >= 4 is 23.1 Å². The molecule has 0 unspecified atom stereocenters. The summed E-state index contributed by atoms with van der Waals surface area (Å²) in [6.07, 6.45) is 3.87. The Labute approximate surface area is 165 Å². The molecular weight excluding hydrogens is 382 g/mol. The summed E-state index contributed by atoms with van der Waals surface area (Å²) in [6.45, 7) is 4.33. The first-order chi connectivity index (χ1) is 13.8. The quantitative estimate of drug-likeness (QED) is 0.607. The number of nitrogens with zero attached hydrogens (tertiary/aromatic N) is 5. The van der Waals surface area contributed by atoms with Gasteiger partial charge in [0.2, 0.25) is 12.3 Å². The molecule has 3 heterocycles. The van der Waals surface area contributed by atoms with Crippen LogP contribution in [0.3, 0.4) is 0 Å². The summed E-state index contributed by atoms with van der Waals surface area (Å²) in [4.78, 5) is 23.3. The van der Waals surface area contributed by atoms with Crippen molar-refractivity contribution in [3.05, 3.63) is 29.7 Å². The van der Waals surface area contributed by atoms with Crippen molar-refractivity contribution in [1.29, 1.82) is 0 Å². The smallest absolute Gasteiger partial charge is 0.287 e. The lowest BCUT2D eigenvalue weighted by Gasteiger charge is -2.15. The molecule has 1 aliphatic rings. The SMILES string of the molecule is CC(C)Oc1cc(C(C)(F)F)nc(-n2nc(C3CC3)c3cnc(NC=O)cc32)n1. The van der Waals surface area contributed by atoms with E-state index in [4.69, 9.17) is 4.74 Å². The van der Waals surface area contributed by atoms with Gasteiger partial charge in [-0.25, -0.2) is 9.97 Å². The molecule has 3 aromatic heterocycles.